The summed E-state index contributed by atoms with van der Waals surface area (Å²) in [5.41, 5.74) is 5.24. The molecule has 2 nitrogen and oxygen atoms in total. The van der Waals surface area contributed by atoms with Crippen molar-refractivity contribution in [3.05, 3.63) is 42.0 Å². The fraction of sp³-hybridized carbons (Fsp3) is 0.200. The highest BCUT2D eigenvalue weighted by Gasteiger charge is 2.17. The van der Waals surface area contributed by atoms with E-state index in [4.69, 9.17) is 10.5 Å². The number of hydrogen-bond donors (Lipinski definition) is 1. The van der Waals surface area contributed by atoms with Crippen molar-refractivity contribution in [2.24, 2.45) is 5.73 Å². The van der Waals surface area contributed by atoms with Gasteiger partial charge in [-0.25, -0.2) is 8.78 Å². The lowest BCUT2D eigenvalue weighted by atomic mass is 10.1. The normalized spacial score (nSPS) is 11.5. The van der Waals surface area contributed by atoms with Crippen molar-refractivity contribution in [3.8, 4) is 5.75 Å². The van der Waals surface area contributed by atoms with Gasteiger partial charge in [0, 0.05) is 5.56 Å². The van der Waals surface area contributed by atoms with Crippen molar-refractivity contribution >= 4 is 12.4 Å². The Balaban J connectivity index is 0.00000196. The minimum atomic E-state index is -0.870. The van der Waals surface area contributed by atoms with Crippen LogP contribution in [0.2, 0.25) is 0 Å². The summed E-state index contributed by atoms with van der Waals surface area (Å²) in [7, 11) is 1.31. The van der Waals surface area contributed by atoms with Gasteiger partial charge in [-0.05, 0) is 12.1 Å². The molecule has 0 fully saturated rings. The fourth-order valence-corrected chi connectivity index (χ4v) is 1.13. The van der Waals surface area contributed by atoms with Crippen LogP contribution >= 0.6 is 12.4 Å². The Morgan fingerprint density at radius 1 is 1.47 bits per heavy atom. The van der Waals surface area contributed by atoms with Crippen LogP contribution in [0.15, 0.2) is 24.8 Å². The molecule has 0 radical (unpaired) electrons. The maximum absolute atomic E-state index is 13.5. The number of benzene rings is 1. The van der Waals surface area contributed by atoms with E-state index in [0.29, 0.717) is 0 Å². The van der Waals surface area contributed by atoms with E-state index in [9.17, 15) is 8.78 Å². The number of methoxy groups -OCH3 is 1. The molecule has 1 atom stereocenters. The average molecular weight is 236 g/mol. The quantitative estimate of drug-likeness (QED) is 0.818. The molecule has 0 aliphatic rings. The monoisotopic (exact) mass is 235 g/mol. The molecule has 2 N–H and O–H groups in total. The Morgan fingerprint density at radius 2 is 2.07 bits per heavy atom. The molecule has 0 aliphatic heterocycles. The molecule has 1 aromatic carbocycles. The van der Waals surface area contributed by atoms with E-state index in [1.165, 1.54) is 19.3 Å². The van der Waals surface area contributed by atoms with Gasteiger partial charge in [0.25, 0.3) is 0 Å². The third-order valence-corrected chi connectivity index (χ3v) is 1.90. The molecule has 0 amide bonds. The molecule has 0 unspecified atom stereocenters. The Morgan fingerprint density at radius 3 is 2.53 bits per heavy atom. The highest BCUT2D eigenvalue weighted by molar-refractivity contribution is 5.85. The van der Waals surface area contributed by atoms with Crippen LogP contribution in [-0.2, 0) is 0 Å². The maximum atomic E-state index is 13.5. The van der Waals surface area contributed by atoms with E-state index in [2.05, 4.69) is 6.58 Å². The Bertz CT molecular complexity index is 358. The van der Waals surface area contributed by atoms with E-state index in [-0.39, 0.29) is 23.7 Å². The largest absolute Gasteiger partial charge is 0.494 e. The van der Waals surface area contributed by atoms with Crippen LogP contribution in [0.5, 0.6) is 5.75 Å². The van der Waals surface area contributed by atoms with Crippen molar-refractivity contribution in [2.45, 2.75) is 6.04 Å². The molecule has 1 rings (SSSR count). The van der Waals surface area contributed by atoms with Gasteiger partial charge in [-0.15, -0.1) is 19.0 Å². The topological polar surface area (TPSA) is 35.2 Å². The summed E-state index contributed by atoms with van der Waals surface area (Å²) in [5, 5.41) is 0. The minimum Gasteiger partial charge on any atom is -0.494 e. The average Bonchev–Trinajstić information content (AvgIpc) is 2.18. The summed E-state index contributed by atoms with van der Waals surface area (Å²) in [6, 6.07) is 1.45. The highest BCUT2D eigenvalue weighted by atomic mass is 35.5. The molecule has 0 saturated carbocycles. The summed E-state index contributed by atoms with van der Waals surface area (Å²) in [6.45, 7) is 3.38. The Hall–Kier alpha value is -1.13. The molecule has 0 spiro atoms. The summed E-state index contributed by atoms with van der Waals surface area (Å²) < 4.78 is 31.4. The van der Waals surface area contributed by atoms with Gasteiger partial charge in [0.1, 0.15) is 5.82 Å². The zero-order chi connectivity index (χ0) is 10.7. The minimum absolute atomic E-state index is 0. The van der Waals surface area contributed by atoms with Crippen LogP contribution in [0, 0.1) is 11.6 Å². The molecule has 0 aromatic heterocycles. The first-order valence-electron chi connectivity index (χ1n) is 4.01. The summed E-state index contributed by atoms with van der Waals surface area (Å²) in [5.74, 6) is -1.51. The zero-order valence-corrected chi connectivity index (χ0v) is 8.98. The second kappa shape index (κ2) is 5.68. The van der Waals surface area contributed by atoms with Crippen molar-refractivity contribution in [1.29, 1.82) is 0 Å². The van der Waals surface area contributed by atoms with Gasteiger partial charge in [0.15, 0.2) is 11.6 Å². The van der Waals surface area contributed by atoms with Gasteiger partial charge in [-0.3, -0.25) is 0 Å². The van der Waals surface area contributed by atoms with Crippen LogP contribution in [0.1, 0.15) is 11.6 Å². The van der Waals surface area contributed by atoms with Gasteiger partial charge in [0.05, 0.1) is 13.2 Å². The van der Waals surface area contributed by atoms with Crippen LogP contribution < -0.4 is 10.5 Å². The van der Waals surface area contributed by atoms with E-state index < -0.39 is 17.7 Å². The molecule has 0 saturated heterocycles. The van der Waals surface area contributed by atoms with E-state index >= 15 is 0 Å². The second-order valence-corrected chi connectivity index (χ2v) is 2.74. The predicted octanol–water partition coefficient (Wildman–Crippen LogP) is 2.58. The Kier molecular flexibility index (Phi) is 5.25. The van der Waals surface area contributed by atoms with Gasteiger partial charge in [0.2, 0.25) is 0 Å². The Labute approximate surface area is 93.1 Å². The maximum Gasteiger partial charge on any atom is 0.173 e. The lowest BCUT2D eigenvalue weighted by Crippen LogP contribution is -2.12. The molecular weight excluding hydrogens is 224 g/mol. The van der Waals surface area contributed by atoms with Crippen molar-refractivity contribution in [3.63, 3.8) is 0 Å². The number of rotatable bonds is 3. The third-order valence-electron chi connectivity index (χ3n) is 1.90. The van der Waals surface area contributed by atoms with E-state index in [1.54, 1.807) is 0 Å². The number of nitrogens with two attached hydrogens (primary N) is 1. The van der Waals surface area contributed by atoms with Gasteiger partial charge < -0.3 is 10.5 Å². The third kappa shape index (κ3) is 2.67. The number of hydrogen-bond acceptors (Lipinski definition) is 2. The molecule has 5 heteroatoms. The van der Waals surface area contributed by atoms with E-state index in [0.717, 1.165) is 6.07 Å². The zero-order valence-electron chi connectivity index (χ0n) is 8.17. The molecule has 0 aliphatic carbocycles. The van der Waals surface area contributed by atoms with E-state index in [1.807, 2.05) is 0 Å². The van der Waals surface area contributed by atoms with Crippen LogP contribution in [0.3, 0.4) is 0 Å². The van der Waals surface area contributed by atoms with Crippen LogP contribution in [0.4, 0.5) is 8.78 Å². The molecule has 0 bridgehead atoms. The summed E-state index contributed by atoms with van der Waals surface area (Å²) in [6.07, 6.45) is 1.26. The summed E-state index contributed by atoms with van der Waals surface area (Å²) >= 11 is 0. The second-order valence-electron chi connectivity index (χ2n) is 2.74. The molecule has 15 heavy (non-hydrogen) atoms. The molecule has 1 aromatic rings. The van der Waals surface area contributed by atoms with Crippen molar-refractivity contribution in [2.75, 3.05) is 7.11 Å². The van der Waals surface area contributed by atoms with Gasteiger partial charge in [-0.1, -0.05) is 6.08 Å². The van der Waals surface area contributed by atoms with Gasteiger partial charge in [-0.2, -0.15) is 0 Å². The standard InChI is InChI=1S/C10H11F2NO.ClH/c1-3-7(13)9-6(11)4-5-8(14-2)10(9)12;/h3-5,7H,1,13H2,2H3;1H/t7-;/m0./s1. The SMILES string of the molecule is C=C[C@H](N)c1c(F)ccc(OC)c1F.Cl. The van der Waals surface area contributed by atoms with Crippen LogP contribution in [-0.4, -0.2) is 7.11 Å². The molecule has 0 heterocycles. The lowest BCUT2D eigenvalue weighted by molar-refractivity contribution is 0.379. The number of halogens is 3. The van der Waals surface area contributed by atoms with Crippen LogP contribution in [0.25, 0.3) is 0 Å². The van der Waals surface area contributed by atoms with Crippen molar-refractivity contribution < 1.29 is 13.5 Å². The smallest absolute Gasteiger partial charge is 0.173 e. The fourth-order valence-electron chi connectivity index (χ4n) is 1.13. The van der Waals surface area contributed by atoms with Gasteiger partial charge >= 0.3 is 0 Å². The number of ether oxygens (including phenoxy) is 1. The summed E-state index contributed by atoms with van der Waals surface area (Å²) in [4.78, 5) is 0. The molecule has 84 valence electrons. The highest BCUT2D eigenvalue weighted by Crippen LogP contribution is 2.27. The first kappa shape index (κ1) is 13.9. The van der Waals surface area contributed by atoms with Crippen molar-refractivity contribution in [1.82, 2.24) is 0 Å². The lowest BCUT2D eigenvalue weighted by Gasteiger charge is -2.11. The first-order valence-corrected chi connectivity index (χ1v) is 4.01. The molecular formula is C10H12ClF2NO. The first-order chi connectivity index (χ1) is 6.61. The predicted molar refractivity (Wildman–Crippen MR) is 57.3 cm³/mol.